The first kappa shape index (κ1) is 14.0. The molecule has 1 heterocycles. The minimum absolute atomic E-state index is 0.298. The molecule has 17 heavy (non-hydrogen) atoms. The molecule has 1 N–H and O–H groups in total. The van der Waals surface area contributed by atoms with Crippen molar-refractivity contribution in [2.75, 3.05) is 19.8 Å². The van der Waals surface area contributed by atoms with Gasteiger partial charge in [0.25, 0.3) is 0 Å². The maximum Gasteiger partial charge on any atom is 0.410 e. The van der Waals surface area contributed by atoms with E-state index < -0.39 is 23.8 Å². The third-order valence-electron chi connectivity index (χ3n) is 2.43. The van der Waals surface area contributed by atoms with Crippen LogP contribution in [0.3, 0.4) is 0 Å². The molecule has 0 radical (unpaired) electrons. The van der Waals surface area contributed by atoms with Gasteiger partial charge in [-0.25, -0.2) is 4.79 Å². The first-order valence-corrected chi connectivity index (χ1v) is 5.73. The van der Waals surface area contributed by atoms with Crippen LogP contribution in [0.1, 0.15) is 20.8 Å². The lowest BCUT2D eigenvalue weighted by Crippen LogP contribution is -2.54. The molecule has 5 heteroatoms. The van der Waals surface area contributed by atoms with Crippen LogP contribution in [0.25, 0.3) is 0 Å². The molecule has 1 fully saturated rings. The van der Waals surface area contributed by atoms with Gasteiger partial charge in [0.2, 0.25) is 0 Å². The molecule has 0 aromatic carbocycles. The highest BCUT2D eigenvalue weighted by Crippen LogP contribution is 2.16. The Morgan fingerprint density at radius 3 is 2.82 bits per heavy atom. The summed E-state index contributed by atoms with van der Waals surface area (Å²) < 4.78 is 10.5. The molecule has 0 aromatic heterocycles. The summed E-state index contributed by atoms with van der Waals surface area (Å²) in [7, 11) is 0. The second kappa shape index (κ2) is 5.51. The molecule has 2 atom stereocenters. The maximum absolute atomic E-state index is 11.9. The van der Waals surface area contributed by atoms with Gasteiger partial charge in [-0.3, -0.25) is 4.90 Å². The number of morpholine rings is 1. The Labute approximate surface area is 102 Å². The lowest BCUT2D eigenvalue weighted by atomic mass is 10.1. The van der Waals surface area contributed by atoms with E-state index in [1.807, 2.05) is 20.8 Å². The number of nitrogens with zero attached hydrogens (tertiary/aromatic N) is 1. The average Bonchev–Trinajstić information content (AvgIpc) is 2.25. The molecule has 1 aliphatic heterocycles. The topological polar surface area (TPSA) is 59.0 Å². The molecule has 5 nitrogen and oxygen atoms in total. The van der Waals surface area contributed by atoms with Crippen molar-refractivity contribution in [3.05, 3.63) is 12.7 Å². The minimum atomic E-state index is -0.803. The number of amides is 1. The van der Waals surface area contributed by atoms with Gasteiger partial charge < -0.3 is 14.6 Å². The summed E-state index contributed by atoms with van der Waals surface area (Å²) in [5, 5.41) is 9.75. The summed E-state index contributed by atoms with van der Waals surface area (Å²) in [6.45, 7) is 10.1. The zero-order valence-corrected chi connectivity index (χ0v) is 10.7. The molecule has 2 unspecified atom stereocenters. The Hall–Kier alpha value is -1.07. The molecule has 98 valence electrons. The highest BCUT2D eigenvalue weighted by molar-refractivity contribution is 5.68. The fraction of sp³-hybridized carbons (Fsp3) is 0.750. The Kier molecular flexibility index (Phi) is 4.54. The van der Waals surface area contributed by atoms with E-state index in [4.69, 9.17) is 9.47 Å². The van der Waals surface area contributed by atoms with Gasteiger partial charge in [-0.1, -0.05) is 6.08 Å². The Balaban J connectivity index is 2.70. The number of hydrogen-bond donors (Lipinski definition) is 1. The molecule has 1 aliphatic rings. The van der Waals surface area contributed by atoms with Crippen molar-refractivity contribution in [2.45, 2.75) is 38.5 Å². The fourth-order valence-electron chi connectivity index (χ4n) is 1.61. The lowest BCUT2D eigenvalue weighted by Gasteiger charge is -2.38. The number of rotatable bonds is 2. The van der Waals surface area contributed by atoms with Crippen LogP contribution < -0.4 is 0 Å². The van der Waals surface area contributed by atoms with E-state index in [-0.39, 0.29) is 0 Å². The zero-order chi connectivity index (χ0) is 13.1. The predicted octanol–water partition coefficient (Wildman–Crippen LogP) is 1.17. The number of carbonyl (C=O) groups is 1. The van der Waals surface area contributed by atoms with Gasteiger partial charge in [-0.15, -0.1) is 6.58 Å². The second-order valence-corrected chi connectivity index (χ2v) is 5.04. The lowest BCUT2D eigenvalue weighted by molar-refractivity contribution is -0.0568. The van der Waals surface area contributed by atoms with Crippen LogP contribution in [-0.2, 0) is 9.47 Å². The van der Waals surface area contributed by atoms with Crippen LogP contribution in [0.4, 0.5) is 4.79 Å². The molecule has 1 amide bonds. The van der Waals surface area contributed by atoms with E-state index in [1.54, 1.807) is 0 Å². The van der Waals surface area contributed by atoms with Gasteiger partial charge >= 0.3 is 6.09 Å². The van der Waals surface area contributed by atoms with Crippen LogP contribution in [0.15, 0.2) is 12.7 Å². The molecular weight excluding hydrogens is 222 g/mol. The quantitative estimate of drug-likeness (QED) is 0.740. The highest BCUT2D eigenvalue weighted by Gasteiger charge is 2.34. The van der Waals surface area contributed by atoms with Gasteiger partial charge in [0.1, 0.15) is 5.60 Å². The summed E-state index contributed by atoms with van der Waals surface area (Å²) in [5.41, 5.74) is -0.543. The Bertz CT molecular complexity index is 285. The van der Waals surface area contributed by atoms with E-state index >= 15 is 0 Å². The van der Waals surface area contributed by atoms with Crippen LogP contribution in [0, 0.1) is 0 Å². The third-order valence-corrected chi connectivity index (χ3v) is 2.43. The van der Waals surface area contributed by atoms with Crippen molar-refractivity contribution in [3.63, 3.8) is 0 Å². The highest BCUT2D eigenvalue weighted by atomic mass is 16.6. The molecule has 0 spiro atoms. The SMILES string of the molecule is C=CC(O)C1COCCN1C(=O)OC(C)(C)C. The van der Waals surface area contributed by atoms with Gasteiger partial charge in [-0.2, -0.15) is 0 Å². The van der Waals surface area contributed by atoms with Gasteiger partial charge in [0, 0.05) is 6.54 Å². The first-order valence-electron chi connectivity index (χ1n) is 5.73. The van der Waals surface area contributed by atoms with Crippen LogP contribution in [0.5, 0.6) is 0 Å². The largest absolute Gasteiger partial charge is 0.444 e. The van der Waals surface area contributed by atoms with E-state index in [0.717, 1.165) is 0 Å². The van der Waals surface area contributed by atoms with Crippen molar-refractivity contribution in [3.8, 4) is 0 Å². The van der Waals surface area contributed by atoms with Crippen molar-refractivity contribution < 1.29 is 19.4 Å². The predicted molar refractivity (Wildman–Crippen MR) is 63.8 cm³/mol. The van der Waals surface area contributed by atoms with E-state index in [0.29, 0.717) is 19.8 Å². The fourth-order valence-corrected chi connectivity index (χ4v) is 1.61. The minimum Gasteiger partial charge on any atom is -0.444 e. The van der Waals surface area contributed by atoms with Crippen molar-refractivity contribution in [1.29, 1.82) is 0 Å². The van der Waals surface area contributed by atoms with Gasteiger partial charge in [0.15, 0.2) is 0 Å². The smallest absolute Gasteiger partial charge is 0.410 e. The van der Waals surface area contributed by atoms with Crippen molar-refractivity contribution >= 4 is 6.09 Å². The van der Waals surface area contributed by atoms with Gasteiger partial charge in [-0.05, 0) is 20.8 Å². The third kappa shape index (κ3) is 4.02. The number of carbonyl (C=O) groups excluding carboxylic acids is 1. The van der Waals surface area contributed by atoms with Crippen LogP contribution >= 0.6 is 0 Å². The number of hydrogen-bond acceptors (Lipinski definition) is 4. The van der Waals surface area contributed by atoms with Gasteiger partial charge in [0.05, 0.1) is 25.4 Å². The number of aliphatic hydroxyl groups is 1. The molecular formula is C12H21NO4. The summed E-state index contributed by atoms with van der Waals surface area (Å²) >= 11 is 0. The Morgan fingerprint density at radius 1 is 1.65 bits per heavy atom. The van der Waals surface area contributed by atoms with Crippen LogP contribution in [-0.4, -0.2) is 53.6 Å². The maximum atomic E-state index is 11.9. The molecule has 0 aromatic rings. The molecule has 0 bridgehead atoms. The molecule has 1 saturated heterocycles. The monoisotopic (exact) mass is 243 g/mol. The summed E-state index contributed by atoms with van der Waals surface area (Å²) in [6, 6.07) is -0.420. The standard InChI is InChI=1S/C12H21NO4/c1-5-10(14)9-8-16-7-6-13(9)11(15)17-12(2,3)4/h5,9-10,14H,1,6-8H2,2-4H3. The summed E-state index contributed by atoms with van der Waals surface area (Å²) in [4.78, 5) is 13.4. The first-order chi connectivity index (χ1) is 7.85. The second-order valence-electron chi connectivity index (χ2n) is 5.04. The van der Waals surface area contributed by atoms with E-state index in [1.165, 1.54) is 11.0 Å². The van der Waals surface area contributed by atoms with Crippen LogP contribution in [0.2, 0.25) is 0 Å². The van der Waals surface area contributed by atoms with E-state index in [9.17, 15) is 9.90 Å². The molecule has 1 rings (SSSR count). The summed E-state index contributed by atoms with van der Waals surface area (Å²) in [6.07, 6.45) is 0.172. The number of ether oxygens (including phenoxy) is 2. The molecule has 0 aliphatic carbocycles. The Morgan fingerprint density at radius 2 is 2.29 bits per heavy atom. The number of aliphatic hydroxyl groups excluding tert-OH is 1. The molecule has 0 saturated carbocycles. The summed E-state index contributed by atoms with van der Waals surface area (Å²) in [5.74, 6) is 0. The van der Waals surface area contributed by atoms with Crippen molar-refractivity contribution in [2.24, 2.45) is 0 Å². The van der Waals surface area contributed by atoms with E-state index in [2.05, 4.69) is 6.58 Å². The average molecular weight is 243 g/mol. The zero-order valence-electron chi connectivity index (χ0n) is 10.7. The normalized spacial score (nSPS) is 23.1. The van der Waals surface area contributed by atoms with Crippen molar-refractivity contribution in [1.82, 2.24) is 4.90 Å².